The largest absolute Gasteiger partial charge is 0.336 e. The van der Waals surface area contributed by atoms with Crippen LogP contribution in [0.2, 0.25) is 0 Å². The summed E-state index contributed by atoms with van der Waals surface area (Å²) in [5, 5.41) is 4.40. The van der Waals surface area contributed by atoms with Crippen molar-refractivity contribution in [1.82, 2.24) is 14.7 Å². The molecule has 2 aromatic rings. The molecule has 2 unspecified atom stereocenters. The standard InChI is InChI=1S/C19H23N3OS/c23-19(14-24-13-15-5-2-1-3-6-15)22-16-7-8-17(22)12-18(11-16)21-10-4-9-20-21/h1-6,9-10,16-18H,7-8,11-14H2. The summed E-state index contributed by atoms with van der Waals surface area (Å²) in [7, 11) is 0. The van der Waals surface area contributed by atoms with E-state index in [1.165, 1.54) is 5.56 Å². The molecule has 1 amide bonds. The fourth-order valence-corrected chi connectivity index (χ4v) is 5.03. The molecule has 3 heterocycles. The summed E-state index contributed by atoms with van der Waals surface area (Å²) in [6, 6.07) is 13.6. The Balaban J connectivity index is 1.33. The van der Waals surface area contributed by atoms with Gasteiger partial charge in [-0.1, -0.05) is 30.3 Å². The van der Waals surface area contributed by atoms with Crippen molar-refractivity contribution >= 4 is 17.7 Å². The summed E-state index contributed by atoms with van der Waals surface area (Å²) in [5.74, 6) is 1.82. The van der Waals surface area contributed by atoms with Crippen molar-refractivity contribution in [3.63, 3.8) is 0 Å². The van der Waals surface area contributed by atoms with Crippen molar-refractivity contribution in [3.05, 3.63) is 54.4 Å². The van der Waals surface area contributed by atoms with Crippen molar-refractivity contribution in [2.45, 2.75) is 49.6 Å². The van der Waals surface area contributed by atoms with E-state index < -0.39 is 0 Å². The minimum atomic E-state index is 0.322. The Kier molecular flexibility index (Phi) is 4.60. The van der Waals surface area contributed by atoms with Crippen molar-refractivity contribution < 1.29 is 4.79 Å². The molecule has 2 aliphatic rings. The van der Waals surface area contributed by atoms with E-state index in [1.54, 1.807) is 11.8 Å². The summed E-state index contributed by atoms with van der Waals surface area (Å²) in [4.78, 5) is 14.9. The van der Waals surface area contributed by atoms with E-state index >= 15 is 0 Å². The molecule has 4 nitrogen and oxygen atoms in total. The first-order valence-corrected chi connectivity index (χ1v) is 9.88. The fraction of sp³-hybridized carbons (Fsp3) is 0.474. The highest BCUT2D eigenvalue weighted by Crippen LogP contribution is 2.40. The molecule has 0 radical (unpaired) electrons. The Morgan fingerprint density at radius 2 is 1.83 bits per heavy atom. The molecule has 0 saturated carbocycles. The van der Waals surface area contributed by atoms with E-state index in [-0.39, 0.29) is 0 Å². The normalized spacial score (nSPS) is 25.8. The number of rotatable bonds is 5. The Labute approximate surface area is 147 Å². The number of hydrogen-bond acceptors (Lipinski definition) is 3. The van der Waals surface area contributed by atoms with Gasteiger partial charge in [-0.05, 0) is 37.3 Å². The van der Waals surface area contributed by atoms with E-state index in [0.717, 1.165) is 31.4 Å². The van der Waals surface area contributed by atoms with Gasteiger partial charge >= 0.3 is 0 Å². The van der Waals surface area contributed by atoms with E-state index in [9.17, 15) is 4.79 Å². The number of carbonyl (C=O) groups excluding carboxylic acids is 1. The number of benzene rings is 1. The summed E-state index contributed by atoms with van der Waals surface area (Å²) >= 11 is 1.73. The van der Waals surface area contributed by atoms with Crippen molar-refractivity contribution in [2.75, 3.05) is 5.75 Å². The molecule has 2 fully saturated rings. The van der Waals surface area contributed by atoms with Crippen LogP contribution in [-0.4, -0.2) is 38.4 Å². The molecule has 1 aromatic carbocycles. The summed E-state index contributed by atoms with van der Waals surface area (Å²) < 4.78 is 2.08. The average molecular weight is 341 g/mol. The van der Waals surface area contributed by atoms with Crippen LogP contribution in [0.3, 0.4) is 0 Å². The van der Waals surface area contributed by atoms with E-state index in [1.807, 2.05) is 18.3 Å². The molecule has 1 aromatic heterocycles. The predicted molar refractivity (Wildman–Crippen MR) is 96.8 cm³/mol. The van der Waals surface area contributed by atoms with Gasteiger partial charge in [0.05, 0.1) is 11.8 Å². The average Bonchev–Trinajstić information content (AvgIpc) is 3.22. The first-order valence-electron chi connectivity index (χ1n) is 8.73. The number of fused-ring (bicyclic) bond motifs is 2. The Morgan fingerprint density at radius 3 is 2.50 bits per heavy atom. The second-order valence-corrected chi connectivity index (χ2v) is 7.76. The van der Waals surface area contributed by atoms with Gasteiger partial charge in [0.2, 0.25) is 5.91 Å². The van der Waals surface area contributed by atoms with Crippen LogP contribution in [0, 0.1) is 0 Å². The number of aromatic nitrogens is 2. The molecular formula is C19H23N3OS. The lowest BCUT2D eigenvalue weighted by atomic mass is 9.97. The van der Waals surface area contributed by atoms with Crippen LogP contribution in [0.15, 0.2) is 48.8 Å². The maximum Gasteiger partial charge on any atom is 0.233 e. The van der Waals surface area contributed by atoms with Crippen LogP contribution < -0.4 is 0 Å². The lowest BCUT2D eigenvalue weighted by Crippen LogP contribution is -2.47. The Morgan fingerprint density at radius 1 is 1.08 bits per heavy atom. The smallest absolute Gasteiger partial charge is 0.233 e. The predicted octanol–water partition coefficient (Wildman–Crippen LogP) is 3.51. The van der Waals surface area contributed by atoms with Gasteiger partial charge < -0.3 is 4.90 Å². The van der Waals surface area contributed by atoms with Crippen LogP contribution in [-0.2, 0) is 10.5 Å². The molecule has 2 aliphatic heterocycles. The molecule has 4 rings (SSSR count). The summed E-state index contributed by atoms with van der Waals surface area (Å²) in [5.41, 5.74) is 1.29. The number of thioether (sulfide) groups is 1. The highest BCUT2D eigenvalue weighted by Gasteiger charge is 2.43. The molecule has 2 bridgehead atoms. The van der Waals surface area contributed by atoms with Gasteiger partial charge in [0, 0.05) is 30.2 Å². The zero-order valence-electron chi connectivity index (χ0n) is 13.8. The first-order chi connectivity index (χ1) is 11.8. The van der Waals surface area contributed by atoms with Gasteiger partial charge in [-0.3, -0.25) is 9.48 Å². The maximum atomic E-state index is 12.7. The summed E-state index contributed by atoms with van der Waals surface area (Å²) in [6.45, 7) is 0. The van der Waals surface area contributed by atoms with E-state index in [0.29, 0.717) is 29.8 Å². The topological polar surface area (TPSA) is 38.1 Å². The van der Waals surface area contributed by atoms with Crippen LogP contribution >= 0.6 is 11.8 Å². The van der Waals surface area contributed by atoms with Gasteiger partial charge in [0.15, 0.2) is 0 Å². The lowest BCUT2D eigenvalue weighted by molar-refractivity contribution is -0.133. The Bertz CT molecular complexity index is 659. The Hall–Kier alpha value is -1.75. The van der Waals surface area contributed by atoms with E-state index in [2.05, 4.69) is 45.1 Å². The third kappa shape index (κ3) is 3.22. The molecule has 2 saturated heterocycles. The third-order valence-electron chi connectivity index (χ3n) is 5.23. The molecule has 0 aliphatic carbocycles. The number of hydrogen-bond donors (Lipinski definition) is 0. The van der Waals surface area contributed by atoms with Gasteiger partial charge in [0.1, 0.15) is 0 Å². The molecule has 5 heteroatoms. The zero-order chi connectivity index (χ0) is 16.4. The first kappa shape index (κ1) is 15.8. The zero-order valence-corrected chi connectivity index (χ0v) is 14.6. The van der Waals surface area contributed by atoms with Crippen LogP contribution in [0.25, 0.3) is 0 Å². The van der Waals surface area contributed by atoms with Crippen molar-refractivity contribution in [3.8, 4) is 0 Å². The van der Waals surface area contributed by atoms with Crippen LogP contribution in [0.5, 0.6) is 0 Å². The SMILES string of the molecule is O=C(CSCc1ccccc1)N1C2CCC1CC(n1cccn1)C2. The molecule has 24 heavy (non-hydrogen) atoms. The van der Waals surface area contributed by atoms with Gasteiger partial charge in [-0.25, -0.2) is 0 Å². The number of piperidine rings is 1. The van der Waals surface area contributed by atoms with Crippen LogP contribution in [0.4, 0.5) is 0 Å². The third-order valence-corrected chi connectivity index (χ3v) is 6.22. The molecule has 0 N–H and O–H groups in total. The number of nitrogens with zero attached hydrogens (tertiary/aromatic N) is 3. The monoisotopic (exact) mass is 341 g/mol. The molecule has 126 valence electrons. The van der Waals surface area contributed by atoms with E-state index in [4.69, 9.17) is 0 Å². The number of carbonyl (C=O) groups is 1. The quantitative estimate of drug-likeness (QED) is 0.835. The highest BCUT2D eigenvalue weighted by atomic mass is 32.2. The van der Waals surface area contributed by atoms with Gasteiger partial charge in [-0.15, -0.1) is 11.8 Å². The van der Waals surface area contributed by atoms with Gasteiger partial charge in [0.25, 0.3) is 0 Å². The fourth-order valence-electron chi connectivity index (χ4n) is 4.17. The van der Waals surface area contributed by atoms with Gasteiger partial charge in [-0.2, -0.15) is 5.10 Å². The second kappa shape index (κ2) is 7.01. The number of amides is 1. The summed E-state index contributed by atoms with van der Waals surface area (Å²) in [6.07, 6.45) is 8.30. The molecule has 2 atom stereocenters. The molecular weight excluding hydrogens is 318 g/mol. The minimum absolute atomic E-state index is 0.322. The highest BCUT2D eigenvalue weighted by molar-refractivity contribution is 7.99. The van der Waals surface area contributed by atoms with Crippen molar-refractivity contribution in [1.29, 1.82) is 0 Å². The second-order valence-electron chi connectivity index (χ2n) is 6.78. The lowest BCUT2D eigenvalue weighted by Gasteiger charge is -2.39. The maximum absolute atomic E-state index is 12.7. The van der Waals surface area contributed by atoms with Crippen molar-refractivity contribution in [2.24, 2.45) is 0 Å². The van der Waals surface area contributed by atoms with Crippen LogP contribution in [0.1, 0.15) is 37.3 Å². The minimum Gasteiger partial charge on any atom is -0.336 e. The molecule has 0 spiro atoms.